The van der Waals surface area contributed by atoms with Crippen molar-refractivity contribution in [3.05, 3.63) is 18.6 Å². The van der Waals surface area contributed by atoms with Gasteiger partial charge in [-0.1, -0.05) is 0 Å². The van der Waals surface area contributed by atoms with Gasteiger partial charge in [0.05, 0.1) is 12.1 Å². The standard InChI is InChI=1S/C11H12N4O3/c1-7-8(2-3-10(16)17)11(18)15(14-7)9-6-12-4-5-13-9/h4-6,8H,2-3H2,1H3,(H,16,17). The smallest absolute Gasteiger partial charge is 0.303 e. The summed E-state index contributed by atoms with van der Waals surface area (Å²) in [4.78, 5) is 30.5. The average molecular weight is 248 g/mol. The van der Waals surface area contributed by atoms with Gasteiger partial charge in [0.15, 0.2) is 5.82 Å². The number of carboxylic acid groups (broad SMARTS) is 1. The number of aromatic nitrogens is 2. The minimum Gasteiger partial charge on any atom is -0.481 e. The fourth-order valence-electron chi connectivity index (χ4n) is 1.77. The van der Waals surface area contributed by atoms with Crippen LogP contribution in [0.3, 0.4) is 0 Å². The minimum absolute atomic E-state index is 0.0580. The summed E-state index contributed by atoms with van der Waals surface area (Å²) in [5.74, 6) is -1.31. The number of hydrogen-bond acceptors (Lipinski definition) is 5. The van der Waals surface area contributed by atoms with Crippen molar-refractivity contribution in [2.45, 2.75) is 19.8 Å². The Labute approximate surface area is 103 Å². The SMILES string of the molecule is CC1=NN(c2cnccn2)C(=O)C1CCC(=O)O. The summed E-state index contributed by atoms with van der Waals surface area (Å²) in [6.07, 6.45) is 4.60. The van der Waals surface area contributed by atoms with Crippen LogP contribution in [0.25, 0.3) is 0 Å². The summed E-state index contributed by atoms with van der Waals surface area (Å²) in [5.41, 5.74) is 0.604. The fraction of sp³-hybridized carbons (Fsp3) is 0.364. The number of anilines is 1. The van der Waals surface area contributed by atoms with Crippen LogP contribution in [0, 0.1) is 5.92 Å². The lowest BCUT2D eigenvalue weighted by atomic mass is 9.98. The first-order chi connectivity index (χ1) is 8.59. The third-order valence-corrected chi connectivity index (χ3v) is 2.68. The molecule has 0 aromatic carbocycles. The lowest BCUT2D eigenvalue weighted by Crippen LogP contribution is -2.28. The van der Waals surface area contributed by atoms with Crippen molar-refractivity contribution in [3.8, 4) is 0 Å². The average Bonchev–Trinajstić information content (AvgIpc) is 2.63. The van der Waals surface area contributed by atoms with Crippen molar-refractivity contribution in [1.82, 2.24) is 9.97 Å². The summed E-state index contributed by atoms with van der Waals surface area (Å²) in [6.45, 7) is 1.71. The molecule has 2 rings (SSSR count). The van der Waals surface area contributed by atoms with Crippen LogP contribution in [0.5, 0.6) is 0 Å². The maximum Gasteiger partial charge on any atom is 0.303 e. The zero-order valence-corrected chi connectivity index (χ0v) is 9.78. The summed E-state index contributed by atoms with van der Waals surface area (Å²) < 4.78 is 0. The van der Waals surface area contributed by atoms with E-state index in [-0.39, 0.29) is 18.7 Å². The Hall–Kier alpha value is -2.31. The van der Waals surface area contributed by atoms with E-state index in [1.165, 1.54) is 23.6 Å². The summed E-state index contributed by atoms with van der Waals surface area (Å²) in [7, 11) is 0. The molecular weight excluding hydrogens is 236 g/mol. The Balaban J connectivity index is 2.14. The van der Waals surface area contributed by atoms with E-state index in [0.717, 1.165) is 0 Å². The van der Waals surface area contributed by atoms with Crippen LogP contribution in [0.2, 0.25) is 0 Å². The van der Waals surface area contributed by atoms with Gasteiger partial charge in [0.25, 0.3) is 5.91 Å². The molecule has 1 aromatic heterocycles. The van der Waals surface area contributed by atoms with Gasteiger partial charge in [-0.3, -0.25) is 14.6 Å². The predicted molar refractivity (Wildman–Crippen MR) is 63.0 cm³/mol. The molecule has 2 heterocycles. The highest BCUT2D eigenvalue weighted by molar-refractivity contribution is 6.14. The molecule has 0 saturated heterocycles. The van der Waals surface area contributed by atoms with E-state index in [9.17, 15) is 9.59 Å². The molecule has 7 nitrogen and oxygen atoms in total. The van der Waals surface area contributed by atoms with Gasteiger partial charge in [0, 0.05) is 24.5 Å². The zero-order chi connectivity index (χ0) is 13.1. The maximum absolute atomic E-state index is 12.1. The van der Waals surface area contributed by atoms with Gasteiger partial charge < -0.3 is 5.11 Å². The number of carboxylic acids is 1. The molecule has 1 N–H and O–H groups in total. The highest BCUT2D eigenvalue weighted by Gasteiger charge is 2.35. The molecule has 1 aliphatic rings. The van der Waals surface area contributed by atoms with Gasteiger partial charge in [-0.05, 0) is 13.3 Å². The monoisotopic (exact) mass is 248 g/mol. The molecule has 1 aliphatic heterocycles. The number of carbonyl (C=O) groups is 2. The number of rotatable bonds is 4. The first kappa shape index (κ1) is 12.2. The van der Waals surface area contributed by atoms with Gasteiger partial charge in [-0.25, -0.2) is 4.98 Å². The topological polar surface area (TPSA) is 95.8 Å². The minimum atomic E-state index is -0.923. The number of hydrazone groups is 1. The van der Waals surface area contributed by atoms with E-state index in [4.69, 9.17) is 5.11 Å². The quantitative estimate of drug-likeness (QED) is 0.845. The second kappa shape index (κ2) is 4.91. The fourth-order valence-corrected chi connectivity index (χ4v) is 1.77. The van der Waals surface area contributed by atoms with E-state index in [2.05, 4.69) is 15.1 Å². The molecular formula is C11H12N4O3. The Morgan fingerprint density at radius 1 is 1.50 bits per heavy atom. The Bertz CT molecular complexity index is 500. The molecule has 0 spiro atoms. The van der Waals surface area contributed by atoms with Crippen LogP contribution in [0.15, 0.2) is 23.7 Å². The number of hydrogen-bond donors (Lipinski definition) is 1. The van der Waals surface area contributed by atoms with Gasteiger partial charge in [-0.2, -0.15) is 10.1 Å². The lowest BCUT2D eigenvalue weighted by Gasteiger charge is -2.11. The third-order valence-electron chi connectivity index (χ3n) is 2.68. The Morgan fingerprint density at radius 3 is 2.89 bits per heavy atom. The summed E-state index contributed by atoms with van der Waals surface area (Å²) in [5, 5.41) is 13.9. The van der Waals surface area contributed by atoms with Crippen molar-refractivity contribution < 1.29 is 14.7 Å². The van der Waals surface area contributed by atoms with Gasteiger partial charge in [-0.15, -0.1) is 0 Å². The van der Waals surface area contributed by atoms with Crippen molar-refractivity contribution in [3.63, 3.8) is 0 Å². The molecule has 1 aromatic rings. The molecule has 1 amide bonds. The zero-order valence-electron chi connectivity index (χ0n) is 9.78. The molecule has 0 fully saturated rings. The molecule has 7 heteroatoms. The number of nitrogens with zero attached hydrogens (tertiary/aromatic N) is 4. The van der Waals surface area contributed by atoms with E-state index in [0.29, 0.717) is 11.5 Å². The Morgan fingerprint density at radius 2 is 2.28 bits per heavy atom. The second-order valence-electron chi connectivity index (χ2n) is 3.94. The molecule has 0 bridgehead atoms. The normalized spacial score (nSPS) is 18.9. The van der Waals surface area contributed by atoms with Gasteiger partial charge in [0.1, 0.15) is 0 Å². The molecule has 0 radical (unpaired) electrons. The Kier molecular flexibility index (Phi) is 3.31. The lowest BCUT2D eigenvalue weighted by molar-refractivity contribution is -0.137. The van der Waals surface area contributed by atoms with E-state index >= 15 is 0 Å². The first-order valence-corrected chi connectivity index (χ1v) is 5.46. The van der Waals surface area contributed by atoms with E-state index in [1.807, 2.05) is 0 Å². The van der Waals surface area contributed by atoms with Crippen LogP contribution < -0.4 is 5.01 Å². The molecule has 1 unspecified atom stereocenters. The third kappa shape index (κ3) is 2.34. The van der Waals surface area contributed by atoms with Crippen molar-refractivity contribution in [2.75, 3.05) is 5.01 Å². The van der Waals surface area contributed by atoms with Gasteiger partial charge in [0.2, 0.25) is 0 Å². The van der Waals surface area contributed by atoms with Crippen LogP contribution in [0.1, 0.15) is 19.8 Å². The van der Waals surface area contributed by atoms with E-state index < -0.39 is 11.9 Å². The first-order valence-electron chi connectivity index (χ1n) is 5.46. The molecule has 0 aliphatic carbocycles. The number of aliphatic carboxylic acids is 1. The van der Waals surface area contributed by atoms with Crippen LogP contribution in [-0.4, -0.2) is 32.7 Å². The second-order valence-corrected chi connectivity index (χ2v) is 3.94. The van der Waals surface area contributed by atoms with E-state index in [1.54, 1.807) is 6.92 Å². The largest absolute Gasteiger partial charge is 0.481 e. The van der Waals surface area contributed by atoms with Crippen LogP contribution in [-0.2, 0) is 9.59 Å². The summed E-state index contributed by atoms with van der Waals surface area (Å²) >= 11 is 0. The number of amides is 1. The molecule has 94 valence electrons. The van der Waals surface area contributed by atoms with Crippen LogP contribution >= 0.6 is 0 Å². The highest BCUT2D eigenvalue weighted by atomic mass is 16.4. The van der Waals surface area contributed by atoms with Crippen molar-refractivity contribution >= 4 is 23.4 Å². The summed E-state index contributed by atoms with van der Waals surface area (Å²) in [6, 6.07) is 0. The molecule has 1 atom stereocenters. The van der Waals surface area contributed by atoms with Crippen molar-refractivity contribution in [1.29, 1.82) is 0 Å². The van der Waals surface area contributed by atoms with Crippen molar-refractivity contribution in [2.24, 2.45) is 11.0 Å². The van der Waals surface area contributed by atoms with Gasteiger partial charge >= 0.3 is 5.97 Å². The highest BCUT2D eigenvalue weighted by Crippen LogP contribution is 2.24. The number of carbonyl (C=O) groups excluding carboxylic acids is 1. The van der Waals surface area contributed by atoms with Crippen LogP contribution in [0.4, 0.5) is 5.82 Å². The molecule has 0 saturated carbocycles. The maximum atomic E-state index is 12.1. The molecule has 18 heavy (non-hydrogen) atoms. The predicted octanol–water partition coefficient (Wildman–Crippen LogP) is 0.680.